The monoisotopic (exact) mass is 331 g/mol. The summed E-state index contributed by atoms with van der Waals surface area (Å²) >= 11 is 0. The van der Waals surface area contributed by atoms with Gasteiger partial charge in [0.25, 0.3) is 0 Å². The van der Waals surface area contributed by atoms with E-state index in [1.54, 1.807) is 7.11 Å². The van der Waals surface area contributed by atoms with E-state index in [1.165, 1.54) is 12.8 Å². The van der Waals surface area contributed by atoms with Gasteiger partial charge in [-0.2, -0.15) is 0 Å². The smallest absolute Gasteiger partial charge is 0.223 e. The maximum atomic E-state index is 11.8. The minimum absolute atomic E-state index is 0.0192. The van der Waals surface area contributed by atoms with Gasteiger partial charge in [-0.3, -0.25) is 4.79 Å². The number of hydrogen-bond donors (Lipinski definition) is 1. The highest BCUT2D eigenvalue weighted by Gasteiger charge is 2.29. The molecule has 1 aromatic rings. The topological polar surface area (TPSA) is 64.6 Å². The predicted octanol–water partition coefficient (Wildman–Crippen LogP) is 2.83. The van der Waals surface area contributed by atoms with E-state index >= 15 is 0 Å². The van der Waals surface area contributed by atoms with Gasteiger partial charge in [-0.1, -0.05) is 6.07 Å². The minimum atomic E-state index is -0.234. The lowest BCUT2D eigenvalue weighted by Gasteiger charge is -2.29. The second-order valence-electron chi connectivity index (χ2n) is 6.71. The molecule has 130 valence electrons. The molecular weight excluding hydrogens is 306 g/mol. The first-order valence-corrected chi connectivity index (χ1v) is 8.77. The fourth-order valence-electron chi connectivity index (χ4n) is 3.70. The van der Waals surface area contributed by atoms with E-state index in [2.05, 4.69) is 5.32 Å². The van der Waals surface area contributed by atoms with Crippen molar-refractivity contribution in [1.82, 2.24) is 5.32 Å². The fourth-order valence-corrected chi connectivity index (χ4v) is 3.70. The van der Waals surface area contributed by atoms with Gasteiger partial charge in [0.1, 0.15) is 6.29 Å². The van der Waals surface area contributed by atoms with Gasteiger partial charge in [0, 0.05) is 24.8 Å². The summed E-state index contributed by atoms with van der Waals surface area (Å²) in [4.78, 5) is 22.6. The maximum Gasteiger partial charge on any atom is 0.223 e. The van der Waals surface area contributed by atoms with Crippen molar-refractivity contribution in [3.8, 4) is 11.5 Å². The first kappa shape index (κ1) is 16.8. The molecule has 0 spiro atoms. The van der Waals surface area contributed by atoms with Crippen LogP contribution < -0.4 is 14.8 Å². The summed E-state index contributed by atoms with van der Waals surface area (Å²) in [7, 11) is 1.65. The Kier molecular flexibility index (Phi) is 5.38. The SMILES string of the molecule is COc1ccc(C2CNC(=O)C(CC=O)C2)cc1OC1CCCC1. The number of carbonyl (C=O) groups excluding carboxylic acids is 2. The Hall–Kier alpha value is -2.04. The number of benzene rings is 1. The average molecular weight is 331 g/mol. The number of hydrogen-bond acceptors (Lipinski definition) is 4. The molecule has 1 amide bonds. The van der Waals surface area contributed by atoms with Crippen molar-refractivity contribution in [3.05, 3.63) is 23.8 Å². The molecule has 1 saturated heterocycles. The molecule has 1 N–H and O–H groups in total. The Morgan fingerprint density at radius 2 is 2.04 bits per heavy atom. The van der Waals surface area contributed by atoms with Crippen LogP contribution in [0.15, 0.2) is 18.2 Å². The maximum absolute atomic E-state index is 11.8. The van der Waals surface area contributed by atoms with E-state index < -0.39 is 0 Å². The van der Waals surface area contributed by atoms with Gasteiger partial charge in [-0.25, -0.2) is 0 Å². The van der Waals surface area contributed by atoms with Crippen LogP contribution in [-0.4, -0.2) is 32.0 Å². The van der Waals surface area contributed by atoms with Crippen LogP contribution in [0.25, 0.3) is 0 Å². The molecule has 5 heteroatoms. The van der Waals surface area contributed by atoms with Crippen LogP contribution in [0.2, 0.25) is 0 Å². The number of nitrogens with one attached hydrogen (secondary N) is 1. The van der Waals surface area contributed by atoms with Crippen LogP contribution in [0, 0.1) is 5.92 Å². The Balaban J connectivity index is 1.77. The first-order chi connectivity index (χ1) is 11.7. The highest BCUT2D eigenvalue weighted by atomic mass is 16.5. The number of carbonyl (C=O) groups is 2. The van der Waals surface area contributed by atoms with Crippen molar-refractivity contribution < 1.29 is 19.1 Å². The number of aldehydes is 1. The zero-order valence-corrected chi connectivity index (χ0v) is 14.1. The third-order valence-electron chi connectivity index (χ3n) is 5.10. The third-order valence-corrected chi connectivity index (χ3v) is 5.10. The highest BCUT2D eigenvalue weighted by molar-refractivity contribution is 5.81. The van der Waals surface area contributed by atoms with E-state index in [1.807, 2.05) is 18.2 Å². The summed E-state index contributed by atoms with van der Waals surface area (Å²) in [6, 6.07) is 6.00. The predicted molar refractivity (Wildman–Crippen MR) is 90.4 cm³/mol. The summed E-state index contributed by atoms with van der Waals surface area (Å²) in [5.74, 6) is 1.47. The molecule has 5 nitrogen and oxygen atoms in total. The molecule has 1 heterocycles. The van der Waals surface area contributed by atoms with Gasteiger partial charge >= 0.3 is 0 Å². The molecule has 2 atom stereocenters. The third kappa shape index (κ3) is 3.71. The Bertz CT molecular complexity index is 595. The minimum Gasteiger partial charge on any atom is -0.493 e. The number of methoxy groups -OCH3 is 1. The molecule has 0 radical (unpaired) electrons. The van der Waals surface area contributed by atoms with Crippen molar-refractivity contribution in [1.29, 1.82) is 0 Å². The van der Waals surface area contributed by atoms with Crippen LogP contribution in [0.4, 0.5) is 0 Å². The van der Waals surface area contributed by atoms with Crippen molar-refractivity contribution in [2.75, 3.05) is 13.7 Å². The number of rotatable bonds is 6. The lowest BCUT2D eigenvalue weighted by atomic mass is 9.84. The molecule has 2 aliphatic rings. The van der Waals surface area contributed by atoms with E-state index in [9.17, 15) is 9.59 Å². The summed E-state index contributed by atoms with van der Waals surface area (Å²) < 4.78 is 11.6. The molecule has 0 bridgehead atoms. The highest BCUT2D eigenvalue weighted by Crippen LogP contribution is 2.36. The quantitative estimate of drug-likeness (QED) is 0.814. The number of ether oxygens (including phenoxy) is 2. The normalized spacial score (nSPS) is 24.5. The molecule has 1 aliphatic heterocycles. The fraction of sp³-hybridized carbons (Fsp3) is 0.579. The van der Waals surface area contributed by atoms with Crippen molar-refractivity contribution in [3.63, 3.8) is 0 Å². The van der Waals surface area contributed by atoms with Gasteiger partial charge in [-0.05, 0) is 49.8 Å². The molecule has 1 aromatic carbocycles. The van der Waals surface area contributed by atoms with Gasteiger partial charge in [0.15, 0.2) is 11.5 Å². The molecule has 2 unspecified atom stereocenters. The largest absolute Gasteiger partial charge is 0.493 e. The van der Waals surface area contributed by atoms with E-state index in [-0.39, 0.29) is 30.3 Å². The van der Waals surface area contributed by atoms with Gasteiger partial charge in [0.05, 0.1) is 13.2 Å². The molecule has 3 rings (SSSR count). The Morgan fingerprint density at radius 3 is 2.75 bits per heavy atom. The standard InChI is InChI=1S/C19H25NO4/c1-23-17-7-6-13(11-18(17)24-16-4-2-3-5-16)15-10-14(8-9-21)19(22)20-12-15/h6-7,9,11,14-16H,2-5,8,10,12H2,1H3,(H,20,22). The molecule has 24 heavy (non-hydrogen) atoms. The molecule has 2 fully saturated rings. The van der Waals surface area contributed by atoms with Crippen LogP contribution in [-0.2, 0) is 9.59 Å². The van der Waals surface area contributed by atoms with E-state index in [0.717, 1.165) is 36.2 Å². The first-order valence-electron chi connectivity index (χ1n) is 8.77. The van der Waals surface area contributed by atoms with E-state index in [0.29, 0.717) is 13.0 Å². The average Bonchev–Trinajstić information content (AvgIpc) is 3.10. The van der Waals surface area contributed by atoms with Gasteiger partial charge in [0.2, 0.25) is 5.91 Å². The van der Waals surface area contributed by atoms with Crippen LogP contribution >= 0.6 is 0 Å². The van der Waals surface area contributed by atoms with Gasteiger partial charge < -0.3 is 19.6 Å². The van der Waals surface area contributed by atoms with Crippen LogP contribution in [0.3, 0.4) is 0 Å². The second kappa shape index (κ2) is 7.69. The van der Waals surface area contributed by atoms with E-state index in [4.69, 9.17) is 9.47 Å². The second-order valence-corrected chi connectivity index (χ2v) is 6.71. The van der Waals surface area contributed by atoms with Crippen LogP contribution in [0.5, 0.6) is 11.5 Å². The Labute approximate surface area is 142 Å². The van der Waals surface area contributed by atoms with Crippen molar-refractivity contribution >= 4 is 12.2 Å². The number of amides is 1. The summed E-state index contributed by atoms with van der Waals surface area (Å²) in [6.45, 7) is 0.601. The Morgan fingerprint density at radius 1 is 1.25 bits per heavy atom. The summed E-state index contributed by atoms with van der Waals surface area (Å²) in [5.41, 5.74) is 1.12. The van der Waals surface area contributed by atoms with Gasteiger partial charge in [-0.15, -0.1) is 0 Å². The lowest BCUT2D eigenvalue weighted by Crippen LogP contribution is -2.40. The molecular formula is C19H25NO4. The zero-order chi connectivity index (χ0) is 16.9. The lowest BCUT2D eigenvalue weighted by molar-refractivity contribution is -0.128. The summed E-state index contributed by atoms with van der Waals surface area (Å²) in [5, 5.41) is 2.92. The molecule has 1 saturated carbocycles. The zero-order valence-electron chi connectivity index (χ0n) is 14.1. The van der Waals surface area contributed by atoms with Crippen molar-refractivity contribution in [2.45, 2.75) is 50.5 Å². The molecule has 1 aliphatic carbocycles. The van der Waals surface area contributed by atoms with Crippen LogP contribution in [0.1, 0.15) is 50.0 Å². The summed E-state index contributed by atoms with van der Waals surface area (Å²) in [6.07, 6.45) is 6.69. The number of piperidine rings is 1. The molecule has 0 aromatic heterocycles. The van der Waals surface area contributed by atoms with Crippen molar-refractivity contribution in [2.24, 2.45) is 5.92 Å².